The SMILES string of the molecule is Fc1ccc(-c2ccc(-c3nnc(C4CCCO4)o3)s2)cc1. The van der Waals surface area contributed by atoms with Crippen molar-refractivity contribution in [2.75, 3.05) is 6.61 Å². The zero-order valence-corrected chi connectivity index (χ0v) is 12.5. The Morgan fingerprint density at radius 3 is 2.64 bits per heavy atom. The molecule has 0 aliphatic carbocycles. The van der Waals surface area contributed by atoms with E-state index in [0.717, 1.165) is 34.8 Å². The summed E-state index contributed by atoms with van der Waals surface area (Å²) in [5, 5.41) is 8.19. The van der Waals surface area contributed by atoms with Crippen LogP contribution < -0.4 is 0 Å². The van der Waals surface area contributed by atoms with Gasteiger partial charge in [-0.25, -0.2) is 4.39 Å². The van der Waals surface area contributed by atoms with E-state index in [1.165, 1.54) is 12.1 Å². The first kappa shape index (κ1) is 13.6. The quantitative estimate of drug-likeness (QED) is 0.716. The monoisotopic (exact) mass is 316 g/mol. The molecule has 0 amide bonds. The molecule has 3 aromatic rings. The van der Waals surface area contributed by atoms with Gasteiger partial charge in [0.25, 0.3) is 5.89 Å². The molecule has 112 valence electrons. The Morgan fingerprint density at radius 2 is 1.86 bits per heavy atom. The second-order valence-electron chi connectivity index (χ2n) is 5.12. The van der Waals surface area contributed by atoms with Gasteiger partial charge in [0.2, 0.25) is 5.89 Å². The molecule has 0 N–H and O–H groups in total. The van der Waals surface area contributed by atoms with Gasteiger partial charge in [-0.3, -0.25) is 0 Å². The van der Waals surface area contributed by atoms with Gasteiger partial charge in [0, 0.05) is 11.5 Å². The first-order chi connectivity index (χ1) is 10.8. The zero-order chi connectivity index (χ0) is 14.9. The van der Waals surface area contributed by atoms with Gasteiger partial charge < -0.3 is 9.15 Å². The lowest BCUT2D eigenvalue weighted by atomic mass is 10.2. The standard InChI is InChI=1S/C16H13FN2O2S/c17-11-5-3-10(4-6-11)13-7-8-14(22-13)16-19-18-15(21-16)12-2-1-9-20-12/h3-8,12H,1-2,9H2. The molecule has 1 aliphatic rings. The van der Waals surface area contributed by atoms with Crippen LogP contribution >= 0.6 is 11.3 Å². The molecule has 2 aromatic heterocycles. The number of hydrogen-bond acceptors (Lipinski definition) is 5. The van der Waals surface area contributed by atoms with Crippen LogP contribution in [0.25, 0.3) is 21.2 Å². The molecule has 6 heteroatoms. The third-order valence-electron chi connectivity index (χ3n) is 3.59. The van der Waals surface area contributed by atoms with E-state index < -0.39 is 0 Å². The highest BCUT2D eigenvalue weighted by Crippen LogP contribution is 2.35. The van der Waals surface area contributed by atoms with E-state index in [-0.39, 0.29) is 11.9 Å². The average molecular weight is 316 g/mol. The summed E-state index contributed by atoms with van der Waals surface area (Å²) in [5.74, 6) is 0.812. The van der Waals surface area contributed by atoms with Gasteiger partial charge in [-0.1, -0.05) is 12.1 Å². The van der Waals surface area contributed by atoms with Gasteiger partial charge in [-0.2, -0.15) is 0 Å². The van der Waals surface area contributed by atoms with Gasteiger partial charge in [-0.05, 0) is 42.7 Å². The lowest BCUT2D eigenvalue weighted by Gasteiger charge is -2.01. The minimum Gasteiger partial charge on any atom is -0.417 e. The molecule has 1 saturated heterocycles. The van der Waals surface area contributed by atoms with Crippen molar-refractivity contribution < 1.29 is 13.5 Å². The lowest BCUT2D eigenvalue weighted by Crippen LogP contribution is -1.95. The Bertz CT molecular complexity index is 776. The fourth-order valence-electron chi connectivity index (χ4n) is 2.46. The Morgan fingerprint density at radius 1 is 1.05 bits per heavy atom. The lowest BCUT2D eigenvalue weighted by molar-refractivity contribution is 0.0896. The second-order valence-corrected chi connectivity index (χ2v) is 6.20. The zero-order valence-electron chi connectivity index (χ0n) is 11.7. The van der Waals surface area contributed by atoms with Crippen molar-refractivity contribution in [3.05, 3.63) is 48.1 Å². The maximum absolute atomic E-state index is 13.0. The number of rotatable bonds is 3. The summed E-state index contributed by atoms with van der Waals surface area (Å²) in [6.07, 6.45) is 1.88. The molecule has 0 radical (unpaired) electrons. The molecule has 22 heavy (non-hydrogen) atoms. The Balaban J connectivity index is 1.59. The second kappa shape index (κ2) is 5.62. The summed E-state index contributed by atoms with van der Waals surface area (Å²) in [4.78, 5) is 1.93. The molecule has 1 unspecified atom stereocenters. The van der Waals surface area contributed by atoms with Crippen molar-refractivity contribution >= 4 is 11.3 Å². The van der Waals surface area contributed by atoms with Crippen molar-refractivity contribution in [1.82, 2.24) is 10.2 Å². The van der Waals surface area contributed by atoms with Gasteiger partial charge in [0.05, 0.1) is 4.88 Å². The number of halogens is 1. The summed E-state index contributed by atoms with van der Waals surface area (Å²) in [5.41, 5.74) is 0.969. The van der Waals surface area contributed by atoms with Crippen LogP contribution in [0, 0.1) is 5.82 Å². The highest BCUT2D eigenvalue weighted by atomic mass is 32.1. The van der Waals surface area contributed by atoms with Crippen LogP contribution in [0.1, 0.15) is 24.8 Å². The fraction of sp³-hybridized carbons (Fsp3) is 0.250. The Labute approximate surface area is 130 Å². The Hall–Kier alpha value is -2.05. The van der Waals surface area contributed by atoms with Crippen LogP contribution in [0.5, 0.6) is 0 Å². The van der Waals surface area contributed by atoms with Crippen molar-refractivity contribution in [2.24, 2.45) is 0 Å². The van der Waals surface area contributed by atoms with Gasteiger partial charge in [0.15, 0.2) is 0 Å². The number of thiophene rings is 1. The van der Waals surface area contributed by atoms with Crippen LogP contribution in [0.4, 0.5) is 4.39 Å². The highest BCUT2D eigenvalue weighted by Gasteiger charge is 2.24. The summed E-state index contributed by atoms with van der Waals surface area (Å²) in [6, 6.07) is 10.3. The number of ether oxygens (including phenoxy) is 1. The minimum atomic E-state index is -0.237. The molecule has 0 bridgehead atoms. The molecular weight excluding hydrogens is 303 g/mol. The van der Waals surface area contributed by atoms with E-state index in [2.05, 4.69) is 10.2 Å². The normalized spacial score (nSPS) is 18.0. The van der Waals surface area contributed by atoms with E-state index in [1.807, 2.05) is 12.1 Å². The predicted octanol–water partition coefficient (Wildman–Crippen LogP) is 4.46. The average Bonchev–Trinajstić information content (AvgIpc) is 3.27. The van der Waals surface area contributed by atoms with Gasteiger partial charge in [0.1, 0.15) is 11.9 Å². The van der Waals surface area contributed by atoms with E-state index in [4.69, 9.17) is 9.15 Å². The molecule has 4 nitrogen and oxygen atoms in total. The predicted molar refractivity (Wildman–Crippen MR) is 80.9 cm³/mol. The molecule has 3 heterocycles. The molecule has 1 fully saturated rings. The molecule has 1 aliphatic heterocycles. The molecule has 0 saturated carbocycles. The number of benzene rings is 1. The topological polar surface area (TPSA) is 48.2 Å². The van der Waals surface area contributed by atoms with Crippen molar-refractivity contribution in [2.45, 2.75) is 18.9 Å². The summed E-state index contributed by atoms with van der Waals surface area (Å²) in [7, 11) is 0. The molecule has 4 rings (SSSR count). The minimum absolute atomic E-state index is 0.0715. The van der Waals surface area contributed by atoms with Gasteiger partial charge in [-0.15, -0.1) is 21.5 Å². The Kier molecular flexibility index (Phi) is 3.48. The van der Waals surface area contributed by atoms with E-state index in [1.54, 1.807) is 23.5 Å². The third kappa shape index (κ3) is 2.55. The number of hydrogen-bond donors (Lipinski definition) is 0. The van der Waals surface area contributed by atoms with Crippen LogP contribution in [-0.4, -0.2) is 16.8 Å². The first-order valence-corrected chi connectivity index (χ1v) is 7.92. The molecule has 1 atom stereocenters. The largest absolute Gasteiger partial charge is 0.417 e. The smallest absolute Gasteiger partial charge is 0.257 e. The van der Waals surface area contributed by atoms with Crippen LogP contribution in [0.2, 0.25) is 0 Å². The van der Waals surface area contributed by atoms with E-state index in [9.17, 15) is 4.39 Å². The van der Waals surface area contributed by atoms with E-state index in [0.29, 0.717) is 11.8 Å². The fourth-order valence-corrected chi connectivity index (χ4v) is 3.39. The maximum Gasteiger partial charge on any atom is 0.257 e. The van der Waals surface area contributed by atoms with Crippen LogP contribution in [0.3, 0.4) is 0 Å². The van der Waals surface area contributed by atoms with Crippen molar-refractivity contribution in [3.8, 4) is 21.2 Å². The molecular formula is C16H13FN2O2S. The number of nitrogens with zero attached hydrogens (tertiary/aromatic N) is 2. The maximum atomic E-state index is 13.0. The van der Waals surface area contributed by atoms with E-state index >= 15 is 0 Å². The summed E-state index contributed by atoms with van der Waals surface area (Å²) in [6.45, 7) is 0.746. The van der Waals surface area contributed by atoms with Crippen molar-refractivity contribution in [1.29, 1.82) is 0 Å². The molecule has 1 aromatic carbocycles. The van der Waals surface area contributed by atoms with Crippen molar-refractivity contribution in [3.63, 3.8) is 0 Å². The molecule has 0 spiro atoms. The van der Waals surface area contributed by atoms with Gasteiger partial charge >= 0.3 is 0 Å². The van der Waals surface area contributed by atoms with Crippen LogP contribution in [-0.2, 0) is 4.74 Å². The third-order valence-corrected chi connectivity index (χ3v) is 4.71. The highest BCUT2D eigenvalue weighted by molar-refractivity contribution is 7.18. The number of aromatic nitrogens is 2. The first-order valence-electron chi connectivity index (χ1n) is 7.11. The van der Waals surface area contributed by atoms with Crippen LogP contribution in [0.15, 0.2) is 40.8 Å². The summed E-state index contributed by atoms with van der Waals surface area (Å²) < 4.78 is 24.3. The summed E-state index contributed by atoms with van der Waals surface area (Å²) >= 11 is 1.54.